The van der Waals surface area contributed by atoms with Gasteiger partial charge in [-0.2, -0.15) is 0 Å². The molecule has 2 N–H and O–H groups in total. The Morgan fingerprint density at radius 1 is 1.17 bits per heavy atom. The second kappa shape index (κ2) is 9.23. The van der Waals surface area contributed by atoms with Crippen molar-refractivity contribution < 1.29 is 24.2 Å². The molecule has 0 aromatic heterocycles. The standard InChI is InChI=1S/C22H24N2O5/c1-15(22(27)28)21(16-7-3-2-4-8-16)23-19(25)14-29-18-10-5-9-17(13-18)24-12-6-11-20(24)26/h2-5,7-10,13,15,21H,6,11-12,14H2,1H3,(H,23,25)(H,27,28). The molecule has 7 nitrogen and oxygen atoms in total. The maximum Gasteiger partial charge on any atom is 0.308 e. The fraction of sp³-hybridized carbons (Fsp3) is 0.318. The summed E-state index contributed by atoms with van der Waals surface area (Å²) in [5, 5.41) is 12.1. The molecule has 2 aromatic carbocycles. The third kappa shape index (κ3) is 5.13. The minimum atomic E-state index is -0.997. The van der Waals surface area contributed by atoms with Crippen LogP contribution >= 0.6 is 0 Å². The molecule has 1 aliphatic rings. The van der Waals surface area contributed by atoms with E-state index in [0.29, 0.717) is 24.3 Å². The summed E-state index contributed by atoms with van der Waals surface area (Å²) in [5.74, 6) is -1.67. The molecular weight excluding hydrogens is 372 g/mol. The Morgan fingerprint density at radius 3 is 2.59 bits per heavy atom. The van der Waals surface area contributed by atoms with Crippen LogP contribution in [0.25, 0.3) is 0 Å². The number of ether oxygens (including phenoxy) is 1. The molecule has 1 saturated heterocycles. The topological polar surface area (TPSA) is 95.9 Å². The van der Waals surface area contributed by atoms with Gasteiger partial charge < -0.3 is 20.1 Å². The first-order valence-corrected chi connectivity index (χ1v) is 9.56. The number of rotatable bonds is 8. The number of carboxylic acids is 1. The molecule has 1 heterocycles. The molecule has 2 atom stereocenters. The van der Waals surface area contributed by atoms with Crippen LogP contribution in [-0.4, -0.2) is 36.0 Å². The van der Waals surface area contributed by atoms with Crippen LogP contribution in [0, 0.1) is 5.92 Å². The molecule has 3 rings (SSSR count). The van der Waals surface area contributed by atoms with Crippen molar-refractivity contribution in [1.82, 2.24) is 5.32 Å². The zero-order valence-corrected chi connectivity index (χ0v) is 16.2. The van der Waals surface area contributed by atoms with Gasteiger partial charge in [-0.1, -0.05) is 36.4 Å². The van der Waals surface area contributed by atoms with E-state index in [9.17, 15) is 19.5 Å². The largest absolute Gasteiger partial charge is 0.484 e. The second-order valence-electron chi connectivity index (χ2n) is 7.02. The number of carboxylic acid groups (broad SMARTS) is 1. The van der Waals surface area contributed by atoms with Gasteiger partial charge in [-0.25, -0.2) is 0 Å². The Morgan fingerprint density at radius 2 is 1.93 bits per heavy atom. The van der Waals surface area contributed by atoms with Gasteiger partial charge in [-0.05, 0) is 31.0 Å². The predicted octanol–water partition coefficient (Wildman–Crippen LogP) is 2.77. The first-order chi connectivity index (χ1) is 14.0. The Labute approximate surface area is 169 Å². The van der Waals surface area contributed by atoms with Crippen LogP contribution in [0.4, 0.5) is 5.69 Å². The van der Waals surface area contributed by atoms with Crippen LogP contribution in [0.2, 0.25) is 0 Å². The lowest BCUT2D eigenvalue weighted by molar-refractivity contribution is -0.142. The summed E-state index contributed by atoms with van der Waals surface area (Å²) in [4.78, 5) is 37.5. The summed E-state index contributed by atoms with van der Waals surface area (Å²) >= 11 is 0. The normalized spacial score (nSPS) is 15.6. The van der Waals surface area contributed by atoms with Crippen LogP contribution in [0.15, 0.2) is 54.6 Å². The number of anilines is 1. The average Bonchev–Trinajstić information content (AvgIpc) is 3.16. The highest BCUT2D eigenvalue weighted by Gasteiger charge is 2.27. The van der Waals surface area contributed by atoms with E-state index in [1.807, 2.05) is 12.1 Å². The maximum atomic E-state index is 12.4. The lowest BCUT2D eigenvalue weighted by atomic mass is 9.94. The zero-order valence-electron chi connectivity index (χ0n) is 16.2. The second-order valence-corrected chi connectivity index (χ2v) is 7.02. The van der Waals surface area contributed by atoms with E-state index in [0.717, 1.165) is 12.1 Å². The molecule has 29 heavy (non-hydrogen) atoms. The van der Waals surface area contributed by atoms with Crippen molar-refractivity contribution in [2.75, 3.05) is 18.1 Å². The van der Waals surface area contributed by atoms with Gasteiger partial charge in [0, 0.05) is 24.7 Å². The Bertz CT molecular complexity index is 884. The van der Waals surface area contributed by atoms with E-state index in [-0.39, 0.29) is 12.5 Å². The monoisotopic (exact) mass is 396 g/mol. The van der Waals surface area contributed by atoms with Gasteiger partial charge in [-0.15, -0.1) is 0 Å². The number of carbonyl (C=O) groups excluding carboxylic acids is 2. The molecule has 0 bridgehead atoms. The molecule has 0 spiro atoms. The van der Waals surface area contributed by atoms with Crippen molar-refractivity contribution in [2.24, 2.45) is 5.92 Å². The minimum absolute atomic E-state index is 0.0771. The molecule has 2 aromatic rings. The predicted molar refractivity (Wildman–Crippen MR) is 108 cm³/mol. The van der Waals surface area contributed by atoms with Gasteiger partial charge in [0.05, 0.1) is 12.0 Å². The zero-order chi connectivity index (χ0) is 20.8. The van der Waals surface area contributed by atoms with E-state index < -0.39 is 23.8 Å². The molecule has 0 radical (unpaired) electrons. The number of aliphatic carboxylic acids is 1. The van der Waals surface area contributed by atoms with Gasteiger partial charge in [0.15, 0.2) is 6.61 Å². The first-order valence-electron chi connectivity index (χ1n) is 9.56. The van der Waals surface area contributed by atoms with Crippen molar-refractivity contribution >= 4 is 23.5 Å². The SMILES string of the molecule is CC(C(=O)O)C(NC(=O)COc1cccc(N2CCCC2=O)c1)c1ccccc1. The van der Waals surface area contributed by atoms with E-state index in [1.54, 1.807) is 54.3 Å². The molecule has 2 unspecified atom stereocenters. The molecular formula is C22H24N2O5. The van der Waals surface area contributed by atoms with Crippen molar-refractivity contribution in [3.63, 3.8) is 0 Å². The number of amides is 2. The van der Waals surface area contributed by atoms with Gasteiger partial charge in [0.2, 0.25) is 5.91 Å². The highest BCUT2D eigenvalue weighted by Crippen LogP contribution is 2.26. The molecule has 2 amide bonds. The molecule has 152 valence electrons. The molecule has 1 aliphatic heterocycles. The van der Waals surface area contributed by atoms with E-state index in [4.69, 9.17) is 4.74 Å². The Hall–Kier alpha value is -3.35. The third-order valence-electron chi connectivity index (χ3n) is 4.94. The van der Waals surface area contributed by atoms with E-state index in [1.165, 1.54) is 0 Å². The summed E-state index contributed by atoms with van der Waals surface area (Å²) in [7, 11) is 0. The van der Waals surface area contributed by atoms with Gasteiger partial charge in [-0.3, -0.25) is 14.4 Å². The van der Waals surface area contributed by atoms with Gasteiger partial charge in [0.1, 0.15) is 5.75 Å². The quantitative estimate of drug-likeness (QED) is 0.715. The number of benzene rings is 2. The number of hydrogen-bond acceptors (Lipinski definition) is 4. The summed E-state index contributed by atoms with van der Waals surface area (Å²) in [6, 6.07) is 15.4. The first kappa shape index (κ1) is 20.4. The molecule has 7 heteroatoms. The van der Waals surface area contributed by atoms with Crippen LogP contribution in [0.3, 0.4) is 0 Å². The highest BCUT2D eigenvalue weighted by molar-refractivity contribution is 5.95. The lowest BCUT2D eigenvalue weighted by Gasteiger charge is -2.23. The molecule has 0 saturated carbocycles. The highest BCUT2D eigenvalue weighted by atomic mass is 16.5. The lowest BCUT2D eigenvalue weighted by Crippen LogP contribution is -2.38. The number of carbonyl (C=O) groups is 3. The van der Waals surface area contributed by atoms with Crippen LogP contribution in [0.5, 0.6) is 5.75 Å². The minimum Gasteiger partial charge on any atom is -0.484 e. The van der Waals surface area contributed by atoms with Gasteiger partial charge >= 0.3 is 5.97 Å². The summed E-state index contributed by atoms with van der Waals surface area (Å²) in [5.41, 5.74) is 1.46. The van der Waals surface area contributed by atoms with E-state index >= 15 is 0 Å². The molecule has 1 fully saturated rings. The maximum absolute atomic E-state index is 12.4. The van der Waals surface area contributed by atoms with Gasteiger partial charge in [0.25, 0.3) is 5.91 Å². The van der Waals surface area contributed by atoms with Crippen molar-refractivity contribution in [2.45, 2.75) is 25.8 Å². The fourth-order valence-electron chi connectivity index (χ4n) is 3.33. The van der Waals surface area contributed by atoms with Crippen LogP contribution in [-0.2, 0) is 14.4 Å². The summed E-state index contributed by atoms with van der Waals surface area (Å²) < 4.78 is 5.58. The fourth-order valence-corrected chi connectivity index (χ4v) is 3.33. The van der Waals surface area contributed by atoms with Crippen molar-refractivity contribution in [1.29, 1.82) is 0 Å². The number of nitrogens with zero attached hydrogens (tertiary/aromatic N) is 1. The Balaban J connectivity index is 1.64. The van der Waals surface area contributed by atoms with E-state index in [2.05, 4.69) is 5.32 Å². The van der Waals surface area contributed by atoms with Crippen LogP contribution in [0.1, 0.15) is 31.4 Å². The number of nitrogens with one attached hydrogen (secondary N) is 1. The number of hydrogen-bond donors (Lipinski definition) is 2. The smallest absolute Gasteiger partial charge is 0.308 e. The average molecular weight is 396 g/mol. The summed E-state index contributed by atoms with van der Waals surface area (Å²) in [6.07, 6.45) is 1.37. The molecule has 0 aliphatic carbocycles. The third-order valence-corrected chi connectivity index (χ3v) is 4.94. The van der Waals surface area contributed by atoms with Crippen molar-refractivity contribution in [3.8, 4) is 5.75 Å². The Kier molecular flexibility index (Phi) is 6.49. The van der Waals surface area contributed by atoms with Crippen molar-refractivity contribution in [3.05, 3.63) is 60.2 Å². The van der Waals surface area contributed by atoms with Crippen LogP contribution < -0.4 is 15.0 Å². The summed E-state index contributed by atoms with van der Waals surface area (Å²) in [6.45, 7) is 1.97.